The first-order valence-corrected chi connectivity index (χ1v) is 13.1. The summed E-state index contributed by atoms with van der Waals surface area (Å²) in [6.07, 6.45) is 0.222. The van der Waals surface area contributed by atoms with Crippen molar-refractivity contribution in [1.82, 2.24) is 14.1 Å². The van der Waals surface area contributed by atoms with E-state index in [0.717, 1.165) is 11.2 Å². The molecular weight excluding hydrogens is 480 g/mol. The predicted octanol–water partition coefficient (Wildman–Crippen LogP) is 0.663. The Hall–Kier alpha value is -3.03. The SMILES string of the molecule is CC(C)C(=O)OC(=O)c1ccc(NC(=O)[C@@H]2C[C@H](N3CCN(S(C)(=O)=O)CC3)CN2C(=O)O)cc1. The zero-order valence-corrected chi connectivity index (χ0v) is 20.7. The molecule has 0 aliphatic carbocycles. The molecule has 0 bridgehead atoms. The quantitative estimate of drug-likeness (QED) is 0.415. The van der Waals surface area contributed by atoms with Gasteiger partial charge in [0.25, 0.3) is 0 Å². The third-order valence-corrected chi connectivity index (χ3v) is 7.44. The number of rotatable bonds is 6. The monoisotopic (exact) mass is 510 g/mol. The molecule has 0 spiro atoms. The van der Waals surface area contributed by atoms with E-state index >= 15 is 0 Å². The number of hydrogen-bond acceptors (Lipinski definition) is 8. The smallest absolute Gasteiger partial charge is 0.408 e. The average molecular weight is 511 g/mol. The Morgan fingerprint density at radius 1 is 1.06 bits per heavy atom. The molecule has 2 atom stereocenters. The minimum Gasteiger partial charge on any atom is -0.465 e. The van der Waals surface area contributed by atoms with Crippen LogP contribution in [0.5, 0.6) is 0 Å². The number of amides is 2. The van der Waals surface area contributed by atoms with Crippen LogP contribution in [-0.4, -0.2) is 103 Å². The predicted molar refractivity (Wildman–Crippen MR) is 125 cm³/mol. The maximum atomic E-state index is 12.9. The number of hydrogen-bond donors (Lipinski definition) is 2. The van der Waals surface area contributed by atoms with E-state index < -0.39 is 45.9 Å². The fraction of sp³-hybridized carbons (Fsp3) is 0.545. The van der Waals surface area contributed by atoms with Crippen LogP contribution in [0.2, 0.25) is 0 Å². The van der Waals surface area contributed by atoms with Crippen molar-refractivity contribution in [2.75, 3.05) is 44.3 Å². The van der Waals surface area contributed by atoms with E-state index in [-0.39, 0.29) is 24.6 Å². The Balaban J connectivity index is 1.61. The molecule has 0 saturated carbocycles. The maximum Gasteiger partial charge on any atom is 0.408 e. The van der Waals surface area contributed by atoms with Crippen LogP contribution >= 0.6 is 0 Å². The van der Waals surface area contributed by atoms with Gasteiger partial charge in [-0.2, -0.15) is 4.31 Å². The van der Waals surface area contributed by atoms with E-state index in [4.69, 9.17) is 4.74 Å². The molecule has 13 heteroatoms. The lowest BCUT2D eigenvalue weighted by molar-refractivity contribution is -0.141. The van der Waals surface area contributed by atoms with Crippen LogP contribution in [-0.2, 0) is 24.3 Å². The number of ether oxygens (including phenoxy) is 1. The molecule has 2 saturated heterocycles. The Morgan fingerprint density at radius 2 is 1.66 bits per heavy atom. The van der Waals surface area contributed by atoms with Gasteiger partial charge in [0.15, 0.2) is 0 Å². The highest BCUT2D eigenvalue weighted by molar-refractivity contribution is 7.88. The van der Waals surface area contributed by atoms with Crippen LogP contribution in [0.25, 0.3) is 0 Å². The third kappa shape index (κ3) is 6.55. The average Bonchev–Trinajstić information content (AvgIpc) is 3.25. The molecule has 2 aliphatic heterocycles. The molecule has 1 aromatic carbocycles. The normalized spacial score (nSPS) is 21.7. The third-order valence-electron chi connectivity index (χ3n) is 6.14. The van der Waals surface area contributed by atoms with E-state index in [0.29, 0.717) is 31.9 Å². The zero-order chi connectivity index (χ0) is 25.9. The molecule has 2 N–H and O–H groups in total. The van der Waals surface area contributed by atoms with Crippen molar-refractivity contribution < 1.29 is 37.4 Å². The van der Waals surface area contributed by atoms with E-state index in [1.807, 2.05) is 4.90 Å². The molecule has 35 heavy (non-hydrogen) atoms. The van der Waals surface area contributed by atoms with Gasteiger partial charge in [0.1, 0.15) is 6.04 Å². The number of carbonyl (C=O) groups excluding carboxylic acids is 3. The van der Waals surface area contributed by atoms with E-state index in [1.165, 1.54) is 28.6 Å². The summed E-state index contributed by atoms with van der Waals surface area (Å²) in [6, 6.07) is 4.61. The maximum absolute atomic E-state index is 12.9. The second-order valence-corrected chi connectivity index (χ2v) is 11.0. The van der Waals surface area contributed by atoms with Gasteiger partial charge >= 0.3 is 18.0 Å². The number of carbonyl (C=O) groups is 4. The Morgan fingerprint density at radius 3 is 2.17 bits per heavy atom. The highest BCUT2D eigenvalue weighted by atomic mass is 32.2. The van der Waals surface area contributed by atoms with Crippen molar-refractivity contribution in [2.24, 2.45) is 5.92 Å². The van der Waals surface area contributed by atoms with Crippen molar-refractivity contribution in [3.05, 3.63) is 29.8 Å². The first-order valence-electron chi connectivity index (χ1n) is 11.2. The number of benzene rings is 1. The van der Waals surface area contributed by atoms with Crippen molar-refractivity contribution in [2.45, 2.75) is 32.4 Å². The zero-order valence-electron chi connectivity index (χ0n) is 19.8. The fourth-order valence-corrected chi connectivity index (χ4v) is 4.95. The molecule has 0 radical (unpaired) electrons. The summed E-state index contributed by atoms with van der Waals surface area (Å²) in [6.45, 7) is 4.90. The van der Waals surface area contributed by atoms with Crippen molar-refractivity contribution in [1.29, 1.82) is 0 Å². The number of nitrogens with one attached hydrogen (secondary N) is 1. The molecule has 2 aliphatic rings. The largest absolute Gasteiger partial charge is 0.465 e. The van der Waals surface area contributed by atoms with Gasteiger partial charge in [-0.05, 0) is 30.7 Å². The molecule has 2 amide bonds. The van der Waals surface area contributed by atoms with E-state index in [9.17, 15) is 32.7 Å². The lowest BCUT2D eigenvalue weighted by atomic mass is 10.1. The van der Waals surface area contributed by atoms with Crippen LogP contribution in [0.15, 0.2) is 24.3 Å². The molecule has 0 aromatic heterocycles. The Labute approximate surface area is 203 Å². The number of piperazine rings is 1. The van der Waals surface area contributed by atoms with Crippen LogP contribution in [0.1, 0.15) is 30.6 Å². The summed E-state index contributed by atoms with van der Waals surface area (Å²) in [7, 11) is -3.28. The molecular formula is C22H30N4O8S. The first kappa shape index (κ1) is 26.6. The van der Waals surface area contributed by atoms with E-state index in [1.54, 1.807) is 13.8 Å². The van der Waals surface area contributed by atoms with Gasteiger partial charge in [-0.1, -0.05) is 13.8 Å². The molecule has 192 valence electrons. The highest BCUT2D eigenvalue weighted by Gasteiger charge is 2.42. The van der Waals surface area contributed by atoms with Crippen LogP contribution in [0.3, 0.4) is 0 Å². The van der Waals surface area contributed by atoms with E-state index in [2.05, 4.69) is 5.32 Å². The molecule has 2 fully saturated rings. The molecule has 1 aromatic rings. The van der Waals surface area contributed by atoms with Crippen LogP contribution in [0, 0.1) is 5.92 Å². The number of likely N-dealkylation sites (tertiary alicyclic amines) is 1. The number of carboxylic acid groups (broad SMARTS) is 1. The summed E-state index contributed by atoms with van der Waals surface area (Å²) >= 11 is 0. The van der Waals surface area contributed by atoms with Gasteiger partial charge in [0, 0.05) is 44.5 Å². The minimum atomic E-state index is -3.28. The minimum absolute atomic E-state index is 0.137. The first-order chi connectivity index (χ1) is 16.4. The summed E-state index contributed by atoms with van der Waals surface area (Å²) in [4.78, 5) is 51.5. The number of anilines is 1. The topological polar surface area (TPSA) is 154 Å². The van der Waals surface area contributed by atoms with Crippen molar-refractivity contribution in [3.8, 4) is 0 Å². The molecule has 12 nitrogen and oxygen atoms in total. The highest BCUT2D eigenvalue weighted by Crippen LogP contribution is 2.25. The van der Waals surface area contributed by atoms with Crippen LogP contribution < -0.4 is 5.32 Å². The lowest BCUT2D eigenvalue weighted by Crippen LogP contribution is -2.52. The Kier molecular flexibility index (Phi) is 8.13. The second-order valence-electron chi connectivity index (χ2n) is 8.97. The number of sulfonamides is 1. The van der Waals surface area contributed by atoms with Crippen molar-refractivity contribution >= 4 is 39.6 Å². The summed E-state index contributed by atoms with van der Waals surface area (Å²) < 4.78 is 29.6. The lowest BCUT2D eigenvalue weighted by Gasteiger charge is -2.36. The fourth-order valence-electron chi connectivity index (χ4n) is 4.12. The van der Waals surface area contributed by atoms with Gasteiger partial charge in [0.2, 0.25) is 15.9 Å². The van der Waals surface area contributed by atoms with Crippen molar-refractivity contribution in [3.63, 3.8) is 0 Å². The molecule has 0 unspecified atom stereocenters. The second kappa shape index (κ2) is 10.7. The molecule has 3 rings (SSSR count). The summed E-state index contributed by atoms with van der Waals surface area (Å²) in [5.74, 6) is -2.40. The summed E-state index contributed by atoms with van der Waals surface area (Å²) in [5.41, 5.74) is 0.496. The number of nitrogens with zero attached hydrogens (tertiary/aromatic N) is 3. The van der Waals surface area contributed by atoms with Gasteiger partial charge in [-0.25, -0.2) is 18.0 Å². The van der Waals surface area contributed by atoms with Crippen LogP contribution in [0.4, 0.5) is 10.5 Å². The molecule has 2 heterocycles. The van der Waals surface area contributed by atoms with Gasteiger partial charge in [0.05, 0.1) is 17.7 Å². The van der Waals surface area contributed by atoms with Gasteiger partial charge in [-0.3, -0.25) is 19.4 Å². The van der Waals surface area contributed by atoms with Gasteiger partial charge < -0.3 is 15.2 Å². The summed E-state index contributed by atoms with van der Waals surface area (Å²) in [5, 5.41) is 12.3. The Bertz CT molecular complexity index is 1080. The van der Waals surface area contributed by atoms with Gasteiger partial charge in [-0.15, -0.1) is 0 Å². The number of esters is 2. The standard InChI is InChI=1S/C22H30N4O8S/c1-14(2)20(28)34-21(29)15-4-6-16(7-5-15)23-19(27)18-12-17(13-26(18)22(30)31)24-8-10-25(11-9-24)35(3,32)33/h4-7,14,17-18H,8-13H2,1-3H3,(H,23,27)(H,30,31)/t17-,18-/m0/s1.